The third-order valence-electron chi connectivity index (χ3n) is 1.83. The Bertz CT molecular complexity index is 381. The van der Waals surface area contributed by atoms with E-state index in [9.17, 15) is 0 Å². The second kappa shape index (κ2) is 2.97. The average molecular weight is 162 g/mol. The average Bonchev–Trinajstić information content (AvgIpc) is 2.51. The van der Waals surface area contributed by atoms with Gasteiger partial charge in [0.15, 0.2) is 0 Å². The molecule has 0 atom stereocenters. The summed E-state index contributed by atoms with van der Waals surface area (Å²) in [5.74, 6) is 5.20. The first-order valence-electron chi connectivity index (χ1n) is 3.80. The summed E-state index contributed by atoms with van der Waals surface area (Å²) in [4.78, 5) is 0. The fourth-order valence-corrected chi connectivity index (χ4v) is 1.23. The molecule has 0 aliphatic heterocycles. The van der Waals surface area contributed by atoms with Crippen LogP contribution in [0.5, 0.6) is 0 Å². The topological polar surface area (TPSA) is 51.2 Å². The largest absolute Gasteiger partial charge is 0.464 e. The van der Waals surface area contributed by atoms with E-state index in [1.54, 1.807) is 6.26 Å². The lowest BCUT2D eigenvalue weighted by Crippen LogP contribution is -2.20. The molecule has 12 heavy (non-hydrogen) atoms. The summed E-state index contributed by atoms with van der Waals surface area (Å²) in [6.07, 6.45) is 1.68. The number of nitrogens with two attached hydrogens (primary N) is 1. The Morgan fingerprint density at radius 2 is 2.25 bits per heavy atom. The predicted octanol–water partition coefficient (Wildman–Crippen LogP) is 1.40. The Morgan fingerprint density at radius 3 is 3.08 bits per heavy atom. The van der Waals surface area contributed by atoms with E-state index in [1.165, 1.54) is 0 Å². The molecule has 1 aromatic carbocycles. The number of fused-ring (bicyclic) bond motifs is 1. The number of hydrogen-bond donors (Lipinski definition) is 2. The summed E-state index contributed by atoms with van der Waals surface area (Å²) >= 11 is 0. The van der Waals surface area contributed by atoms with E-state index >= 15 is 0 Å². The summed E-state index contributed by atoms with van der Waals surface area (Å²) in [6.45, 7) is 0.663. The molecule has 2 rings (SSSR count). The molecule has 0 bridgehead atoms. The van der Waals surface area contributed by atoms with E-state index in [0.717, 1.165) is 16.5 Å². The van der Waals surface area contributed by atoms with Gasteiger partial charge in [0.1, 0.15) is 5.58 Å². The van der Waals surface area contributed by atoms with E-state index in [2.05, 4.69) is 5.43 Å². The minimum atomic E-state index is 0.663. The first-order chi connectivity index (χ1) is 5.90. The predicted molar refractivity (Wildman–Crippen MR) is 47.2 cm³/mol. The Morgan fingerprint density at radius 1 is 1.33 bits per heavy atom. The summed E-state index contributed by atoms with van der Waals surface area (Å²) < 4.78 is 5.24. The van der Waals surface area contributed by atoms with Gasteiger partial charge in [-0.05, 0) is 17.7 Å². The molecule has 0 saturated heterocycles. The first kappa shape index (κ1) is 7.34. The first-order valence-corrected chi connectivity index (χ1v) is 3.80. The summed E-state index contributed by atoms with van der Waals surface area (Å²) in [5, 5.41) is 1.12. The van der Waals surface area contributed by atoms with Crippen molar-refractivity contribution < 1.29 is 4.42 Å². The van der Waals surface area contributed by atoms with Gasteiger partial charge in [-0.1, -0.05) is 12.1 Å². The standard InChI is InChI=1S/C9H10N2O/c10-11-6-7-1-2-8-3-4-12-9(8)5-7/h1-5,11H,6,10H2. The van der Waals surface area contributed by atoms with Gasteiger partial charge in [-0.2, -0.15) is 0 Å². The fraction of sp³-hybridized carbons (Fsp3) is 0.111. The molecular formula is C9H10N2O. The zero-order valence-electron chi connectivity index (χ0n) is 6.58. The highest BCUT2D eigenvalue weighted by Crippen LogP contribution is 2.16. The van der Waals surface area contributed by atoms with Crippen LogP contribution in [0.1, 0.15) is 5.56 Å². The van der Waals surface area contributed by atoms with E-state index in [1.807, 2.05) is 24.3 Å². The molecule has 0 fully saturated rings. The molecular weight excluding hydrogens is 152 g/mol. The quantitative estimate of drug-likeness (QED) is 0.518. The summed E-state index contributed by atoms with van der Waals surface area (Å²) in [7, 11) is 0. The maximum atomic E-state index is 5.24. The monoisotopic (exact) mass is 162 g/mol. The molecule has 62 valence electrons. The molecule has 0 radical (unpaired) electrons. The van der Waals surface area contributed by atoms with Crippen molar-refractivity contribution in [1.29, 1.82) is 0 Å². The number of benzene rings is 1. The van der Waals surface area contributed by atoms with Crippen molar-refractivity contribution >= 4 is 11.0 Å². The van der Waals surface area contributed by atoms with Crippen LogP contribution in [-0.2, 0) is 6.54 Å². The second-order valence-electron chi connectivity index (χ2n) is 2.67. The molecule has 0 spiro atoms. The maximum absolute atomic E-state index is 5.24. The normalized spacial score (nSPS) is 10.8. The minimum Gasteiger partial charge on any atom is -0.464 e. The Kier molecular flexibility index (Phi) is 1.81. The molecule has 3 N–H and O–H groups in total. The molecule has 0 amide bonds. The van der Waals surface area contributed by atoms with Crippen LogP contribution >= 0.6 is 0 Å². The van der Waals surface area contributed by atoms with Crippen molar-refractivity contribution in [3.63, 3.8) is 0 Å². The lowest BCUT2D eigenvalue weighted by Gasteiger charge is -1.98. The van der Waals surface area contributed by atoms with Crippen LogP contribution in [0.3, 0.4) is 0 Å². The van der Waals surface area contributed by atoms with Gasteiger partial charge in [0.25, 0.3) is 0 Å². The van der Waals surface area contributed by atoms with Gasteiger partial charge < -0.3 is 4.42 Å². The maximum Gasteiger partial charge on any atom is 0.134 e. The van der Waals surface area contributed by atoms with E-state index in [0.29, 0.717) is 6.54 Å². The Hall–Kier alpha value is -1.32. The molecule has 1 heterocycles. The molecule has 1 aromatic heterocycles. The van der Waals surface area contributed by atoms with Crippen LogP contribution in [0.2, 0.25) is 0 Å². The fourth-order valence-electron chi connectivity index (χ4n) is 1.23. The molecule has 0 aliphatic carbocycles. The van der Waals surface area contributed by atoms with Crippen molar-refractivity contribution in [2.24, 2.45) is 5.84 Å². The highest BCUT2D eigenvalue weighted by atomic mass is 16.3. The molecule has 3 nitrogen and oxygen atoms in total. The van der Waals surface area contributed by atoms with Gasteiger partial charge in [-0.15, -0.1) is 0 Å². The zero-order valence-corrected chi connectivity index (χ0v) is 6.58. The van der Waals surface area contributed by atoms with Crippen LogP contribution in [-0.4, -0.2) is 0 Å². The molecule has 3 heteroatoms. The van der Waals surface area contributed by atoms with Crippen LogP contribution in [0.25, 0.3) is 11.0 Å². The Balaban J connectivity index is 2.46. The van der Waals surface area contributed by atoms with Crippen molar-refractivity contribution in [3.8, 4) is 0 Å². The zero-order chi connectivity index (χ0) is 8.39. The molecule has 2 aromatic rings. The number of nitrogens with one attached hydrogen (secondary N) is 1. The van der Waals surface area contributed by atoms with Crippen molar-refractivity contribution in [2.75, 3.05) is 0 Å². The lowest BCUT2D eigenvalue weighted by atomic mass is 10.2. The SMILES string of the molecule is NNCc1ccc2ccoc2c1. The van der Waals surface area contributed by atoms with Gasteiger partial charge in [0.2, 0.25) is 0 Å². The molecule has 0 unspecified atom stereocenters. The number of rotatable bonds is 2. The van der Waals surface area contributed by atoms with Crippen molar-refractivity contribution in [3.05, 3.63) is 36.1 Å². The van der Waals surface area contributed by atoms with Crippen LogP contribution in [0.15, 0.2) is 34.9 Å². The summed E-state index contributed by atoms with van der Waals surface area (Å²) in [5.41, 5.74) is 4.63. The number of hydrazine groups is 1. The van der Waals surface area contributed by atoms with Gasteiger partial charge in [0, 0.05) is 11.9 Å². The molecule has 0 aliphatic rings. The third-order valence-corrected chi connectivity index (χ3v) is 1.83. The van der Waals surface area contributed by atoms with Gasteiger partial charge in [-0.3, -0.25) is 11.3 Å². The lowest BCUT2D eigenvalue weighted by molar-refractivity contribution is 0.614. The van der Waals surface area contributed by atoms with E-state index < -0.39 is 0 Å². The van der Waals surface area contributed by atoms with Gasteiger partial charge in [-0.25, -0.2) is 0 Å². The van der Waals surface area contributed by atoms with E-state index in [4.69, 9.17) is 10.3 Å². The second-order valence-corrected chi connectivity index (χ2v) is 2.67. The van der Waals surface area contributed by atoms with Crippen molar-refractivity contribution in [1.82, 2.24) is 5.43 Å². The molecule has 0 saturated carbocycles. The van der Waals surface area contributed by atoms with Crippen LogP contribution in [0.4, 0.5) is 0 Å². The minimum absolute atomic E-state index is 0.663. The van der Waals surface area contributed by atoms with Crippen LogP contribution in [0, 0.1) is 0 Å². The van der Waals surface area contributed by atoms with Crippen LogP contribution < -0.4 is 11.3 Å². The van der Waals surface area contributed by atoms with Gasteiger partial charge >= 0.3 is 0 Å². The van der Waals surface area contributed by atoms with E-state index in [-0.39, 0.29) is 0 Å². The highest BCUT2D eigenvalue weighted by molar-refractivity contribution is 5.77. The van der Waals surface area contributed by atoms with Gasteiger partial charge in [0.05, 0.1) is 6.26 Å². The summed E-state index contributed by atoms with van der Waals surface area (Å²) in [6, 6.07) is 7.97. The smallest absolute Gasteiger partial charge is 0.134 e. The van der Waals surface area contributed by atoms with Crippen molar-refractivity contribution in [2.45, 2.75) is 6.54 Å². The third kappa shape index (κ3) is 1.20. The Labute approximate surface area is 70.1 Å². The highest BCUT2D eigenvalue weighted by Gasteiger charge is 1.97. The number of hydrogen-bond acceptors (Lipinski definition) is 3. The number of furan rings is 1.